The number of hydrogen-bond donors (Lipinski definition) is 0. The van der Waals surface area contributed by atoms with Crippen LogP contribution < -0.4 is 4.84 Å². The van der Waals surface area contributed by atoms with Gasteiger partial charge in [0, 0.05) is 6.20 Å². The first-order valence-corrected chi connectivity index (χ1v) is 7.81. The van der Waals surface area contributed by atoms with E-state index in [9.17, 15) is 18.0 Å². The molecule has 3 nitrogen and oxygen atoms in total. The fourth-order valence-electron chi connectivity index (χ4n) is 2.65. The highest BCUT2D eigenvalue weighted by atomic mass is 32.1. The highest BCUT2D eigenvalue weighted by Gasteiger charge is 2.40. The Morgan fingerprint density at radius 2 is 1.92 bits per heavy atom. The van der Waals surface area contributed by atoms with Gasteiger partial charge in [0.25, 0.3) is 0 Å². The quantitative estimate of drug-likeness (QED) is 0.764. The Labute approximate surface area is 141 Å². The van der Waals surface area contributed by atoms with Crippen molar-refractivity contribution < 1.29 is 22.8 Å². The number of aromatic nitrogens is 1. The molecule has 1 saturated carbocycles. The minimum absolute atomic E-state index is 0.0899. The molecule has 0 bridgehead atoms. The Hall–Kier alpha value is -2.15. The molecule has 1 heterocycles. The van der Waals surface area contributed by atoms with E-state index in [1.165, 1.54) is 16.9 Å². The van der Waals surface area contributed by atoms with Crippen LogP contribution in [0.2, 0.25) is 0 Å². The second-order valence-corrected chi connectivity index (χ2v) is 6.17. The van der Waals surface area contributed by atoms with Crippen molar-refractivity contribution in [3.05, 3.63) is 64.4 Å². The van der Waals surface area contributed by atoms with Gasteiger partial charge >= 0.3 is 12.1 Å². The highest BCUT2D eigenvalue weighted by Crippen LogP contribution is 2.49. The molecular formula is C17H14F3NO2S. The van der Waals surface area contributed by atoms with Gasteiger partial charge in [-0.25, -0.2) is 4.79 Å². The molecule has 0 saturated heterocycles. The van der Waals surface area contributed by atoms with Crippen molar-refractivity contribution in [1.82, 2.24) is 4.73 Å². The van der Waals surface area contributed by atoms with Gasteiger partial charge < -0.3 is 4.84 Å². The normalized spacial score (nSPS) is 19.8. The van der Waals surface area contributed by atoms with Gasteiger partial charge in [0.05, 0.1) is 12.0 Å². The highest BCUT2D eigenvalue weighted by molar-refractivity contribution is 7.71. The first kappa shape index (κ1) is 16.7. The van der Waals surface area contributed by atoms with Crippen molar-refractivity contribution in [3.8, 4) is 0 Å². The first-order valence-electron chi connectivity index (χ1n) is 7.40. The third-order valence-electron chi connectivity index (χ3n) is 4.01. The van der Waals surface area contributed by atoms with Crippen molar-refractivity contribution in [2.24, 2.45) is 5.92 Å². The molecule has 1 aliphatic carbocycles. The van der Waals surface area contributed by atoms with E-state index in [4.69, 9.17) is 17.1 Å². The molecule has 0 unspecified atom stereocenters. The van der Waals surface area contributed by atoms with Crippen LogP contribution in [0.5, 0.6) is 0 Å². The largest absolute Gasteiger partial charge is 0.416 e. The molecule has 0 N–H and O–H groups in total. The minimum atomic E-state index is -4.33. The Balaban J connectivity index is 1.57. The fraction of sp³-hybridized carbons (Fsp3) is 0.294. The lowest BCUT2D eigenvalue weighted by Gasteiger charge is -2.08. The van der Waals surface area contributed by atoms with Gasteiger partial charge in [0.15, 0.2) is 0 Å². The molecule has 1 fully saturated rings. The Bertz CT molecular complexity index is 798. The topological polar surface area (TPSA) is 31.2 Å². The molecule has 7 heteroatoms. The van der Waals surface area contributed by atoms with Crippen LogP contribution in [0.1, 0.15) is 29.9 Å². The van der Waals surface area contributed by atoms with Crippen molar-refractivity contribution in [2.75, 3.05) is 0 Å². The molecule has 1 aromatic carbocycles. The summed E-state index contributed by atoms with van der Waals surface area (Å²) < 4.78 is 39.3. The SMILES string of the molecule is O=C(C[C@H]1C[C@@H]1c1ccc(C(F)(F)F)cc1)On1ccccc1=S. The van der Waals surface area contributed by atoms with Gasteiger partial charge in [-0.15, -0.1) is 0 Å². The zero-order chi connectivity index (χ0) is 17.3. The molecule has 2 aromatic rings. The molecule has 0 amide bonds. The third-order valence-corrected chi connectivity index (χ3v) is 4.32. The van der Waals surface area contributed by atoms with Gasteiger partial charge in [-0.1, -0.05) is 30.4 Å². The Morgan fingerprint density at radius 3 is 2.54 bits per heavy atom. The molecule has 3 rings (SSSR count). The minimum Gasteiger partial charge on any atom is -0.336 e. The van der Waals surface area contributed by atoms with E-state index >= 15 is 0 Å². The lowest BCUT2D eigenvalue weighted by atomic mass is 10.1. The summed E-state index contributed by atoms with van der Waals surface area (Å²) in [4.78, 5) is 17.1. The number of halogens is 3. The van der Waals surface area contributed by atoms with Gasteiger partial charge in [0.1, 0.15) is 4.64 Å². The van der Waals surface area contributed by atoms with Crippen LogP contribution in [-0.4, -0.2) is 10.7 Å². The summed E-state index contributed by atoms with van der Waals surface area (Å²) in [5, 5.41) is 0. The van der Waals surface area contributed by atoms with Crippen LogP contribution in [0.4, 0.5) is 13.2 Å². The van der Waals surface area contributed by atoms with Crippen LogP contribution in [0.25, 0.3) is 0 Å². The molecular weight excluding hydrogens is 339 g/mol. The van der Waals surface area contributed by atoms with Gasteiger partial charge in [0.2, 0.25) is 0 Å². The third kappa shape index (κ3) is 3.84. The molecule has 0 radical (unpaired) electrons. The van der Waals surface area contributed by atoms with E-state index in [0.29, 0.717) is 4.64 Å². The number of carbonyl (C=O) groups excluding carboxylic acids is 1. The molecule has 2 atom stereocenters. The van der Waals surface area contributed by atoms with Crippen molar-refractivity contribution in [1.29, 1.82) is 0 Å². The fourth-order valence-corrected chi connectivity index (χ4v) is 2.83. The van der Waals surface area contributed by atoms with E-state index in [-0.39, 0.29) is 18.3 Å². The number of alkyl halides is 3. The number of rotatable bonds is 4. The lowest BCUT2D eigenvalue weighted by molar-refractivity contribution is -0.144. The molecule has 0 spiro atoms. The zero-order valence-electron chi connectivity index (χ0n) is 12.5. The summed E-state index contributed by atoms with van der Waals surface area (Å²) >= 11 is 5.04. The van der Waals surface area contributed by atoms with E-state index in [2.05, 4.69) is 0 Å². The average Bonchev–Trinajstić information content (AvgIpc) is 3.28. The van der Waals surface area contributed by atoms with E-state index in [0.717, 1.165) is 24.1 Å². The molecule has 24 heavy (non-hydrogen) atoms. The van der Waals surface area contributed by atoms with Gasteiger partial charge in [-0.05, 0) is 48.1 Å². The summed E-state index contributed by atoms with van der Waals surface area (Å²) in [6.45, 7) is 0. The Kier molecular flexibility index (Phi) is 4.45. The van der Waals surface area contributed by atoms with E-state index in [1.54, 1.807) is 24.4 Å². The summed E-state index contributed by atoms with van der Waals surface area (Å²) in [6.07, 6.45) is -1.80. The van der Waals surface area contributed by atoms with Crippen LogP contribution in [0.3, 0.4) is 0 Å². The smallest absolute Gasteiger partial charge is 0.336 e. The van der Waals surface area contributed by atoms with Crippen molar-refractivity contribution in [3.63, 3.8) is 0 Å². The first-order chi connectivity index (χ1) is 11.3. The van der Waals surface area contributed by atoms with Gasteiger partial charge in [-0.3, -0.25) is 0 Å². The maximum Gasteiger partial charge on any atom is 0.416 e. The van der Waals surface area contributed by atoms with Crippen molar-refractivity contribution >= 4 is 18.2 Å². The van der Waals surface area contributed by atoms with Gasteiger partial charge in [-0.2, -0.15) is 17.9 Å². The number of pyridine rings is 1. The molecule has 126 valence electrons. The van der Waals surface area contributed by atoms with Crippen LogP contribution in [0, 0.1) is 10.6 Å². The number of nitrogens with zero attached hydrogens (tertiary/aromatic N) is 1. The van der Waals surface area contributed by atoms with E-state index < -0.39 is 17.7 Å². The van der Waals surface area contributed by atoms with Crippen LogP contribution >= 0.6 is 12.2 Å². The molecule has 1 aliphatic rings. The summed E-state index contributed by atoms with van der Waals surface area (Å²) in [6, 6.07) is 10.2. The lowest BCUT2D eigenvalue weighted by Crippen LogP contribution is -2.20. The molecule has 0 aliphatic heterocycles. The molecule has 1 aromatic heterocycles. The number of hydrogen-bond acceptors (Lipinski definition) is 3. The van der Waals surface area contributed by atoms with Crippen molar-refractivity contribution in [2.45, 2.75) is 24.9 Å². The number of benzene rings is 1. The number of carbonyl (C=O) groups is 1. The zero-order valence-corrected chi connectivity index (χ0v) is 13.3. The van der Waals surface area contributed by atoms with E-state index in [1.807, 2.05) is 0 Å². The standard InChI is InChI=1S/C17H14F3NO2S/c18-17(19,20)13-6-4-11(5-7-13)14-9-12(14)10-16(22)23-21-8-2-1-3-15(21)24/h1-8,12,14H,9-10H2/t12-,14-/m1/s1. The van der Waals surface area contributed by atoms with Crippen LogP contribution in [-0.2, 0) is 11.0 Å². The second-order valence-electron chi connectivity index (χ2n) is 5.75. The predicted molar refractivity (Wildman–Crippen MR) is 83.8 cm³/mol. The summed E-state index contributed by atoms with van der Waals surface area (Å²) in [5.74, 6) is -0.215. The predicted octanol–water partition coefficient (Wildman–Crippen LogP) is 4.39. The Morgan fingerprint density at radius 1 is 1.21 bits per heavy atom. The summed E-state index contributed by atoms with van der Waals surface area (Å²) in [7, 11) is 0. The van der Waals surface area contributed by atoms with Crippen LogP contribution in [0.15, 0.2) is 48.7 Å². The monoisotopic (exact) mass is 353 g/mol. The average molecular weight is 353 g/mol. The second kappa shape index (κ2) is 6.39. The maximum atomic E-state index is 12.6. The maximum absolute atomic E-state index is 12.6. The summed E-state index contributed by atoms with van der Waals surface area (Å²) in [5.41, 5.74) is 0.151.